The van der Waals surface area contributed by atoms with Gasteiger partial charge in [0.25, 0.3) is 0 Å². The lowest BCUT2D eigenvalue weighted by molar-refractivity contribution is 0.0921. The Morgan fingerprint density at radius 2 is 2.04 bits per heavy atom. The van der Waals surface area contributed by atoms with E-state index in [9.17, 15) is 9.59 Å². The third-order valence-electron chi connectivity index (χ3n) is 4.74. The molecule has 0 aliphatic carbocycles. The lowest BCUT2D eigenvalue weighted by atomic mass is 10.1. The molecule has 0 saturated carbocycles. The number of aryl methyl sites for hydroxylation is 2. The summed E-state index contributed by atoms with van der Waals surface area (Å²) in [5, 5.41) is 0.878. The van der Waals surface area contributed by atoms with Crippen LogP contribution in [-0.4, -0.2) is 17.0 Å². The van der Waals surface area contributed by atoms with E-state index in [1.165, 1.54) is 6.07 Å². The van der Waals surface area contributed by atoms with Crippen molar-refractivity contribution < 1.29 is 13.9 Å². The van der Waals surface area contributed by atoms with Gasteiger partial charge in [0.05, 0.1) is 0 Å². The van der Waals surface area contributed by atoms with Crippen molar-refractivity contribution in [2.75, 3.05) is 6.61 Å². The zero-order valence-electron chi connectivity index (χ0n) is 15.9. The summed E-state index contributed by atoms with van der Waals surface area (Å²) < 4.78 is 13.0. The normalized spacial score (nSPS) is 10.9. The van der Waals surface area contributed by atoms with Gasteiger partial charge < -0.3 is 13.7 Å². The van der Waals surface area contributed by atoms with Crippen LogP contribution in [0.3, 0.4) is 0 Å². The second-order valence-corrected chi connectivity index (χ2v) is 6.50. The van der Waals surface area contributed by atoms with E-state index in [2.05, 4.69) is 6.58 Å². The van der Waals surface area contributed by atoms with E-state index >= 15 is 0 Å². The van der Waals surface area contributed by atoms with Crippen LogP contribution < -0.4 is 10.4 Å². The fourth-order valence-corrected chi connectivity index (χ4v) is 3.31. The molecule has 3 rings (SSSR count). The van der Waals surface area contributed by atoms with Crippen molar-refractivity contribution in [3.05, 3.63) is 75.9 Å². The molecule has 0 N–H and O–H groups in total. The minimum atomic E-state index is -0.387. The smallest absolute Gasteiger partial charge is 0.336 e. The van der Waals surface area contributed by atoms with E-state index in [0.29, 0.717) is 23.4 Å². The molecular weight excluding hydrogens is 342 g/mol. The van der Waals surface area contributed by atoms with Crippen LogP contribution in [0.2, 0.25) is 0 Å². The standard InChI is InChI=1S/C22H23NO4/c1-5-9-23-14(3)10-19(15(23)4)20(24)13-26-17-7-8-18-16(6-2)11-22(25)27-21(18)12-17/h5,7-8,10-12H,1,6,9,13H2,2-4H3. The highest BCUT2D eigenvalue weighted by molar-refractivity contribution is 5.98. The molecule has 0 spiro atoms. The molecule has 0 bridgehead atoms. The third-order valence-corrected chi connectivity index (χ3v) is 4.74. The Labute approximate surface area is 157 Å². The maximum atomic E-state index is 12.6. The molecule has 1 aromatic carbocycles. The predicted octanol–water partition coefficient (Wildman–Crippen LogP) is 4.22. The zero-order chi connectivity index (χ0) is 19.6. The van der Waals surface area contributed by atoms with Crippen LogP contribution in [0.25, 0.3) is 11.0 Å². The Morgan fingerprint density at radius 3 is 2.74 bits per heavy atom. The Balaban J connectivity index is 1.80. The van der Waals surface area contributed by atoms with E-state index in [4.69, 9.17) is 9.15 Å². The van der Waals surface area contributed by atoms with E-state index in [-0.39, 0.29) is 18.0 Å². The van der Waals surface area contributed by atoms with Crippen molar-refractivity contribution in [2.24, 2.45) is 0 Å². The number of carbonyl (C=O) groups excluding carboxylic acids is 1. The lowest BCUT2D eigenvalue weighted by Crippen LogP contribution is -2.13. The Bertz CT molecular complexity index is 1070. The van der Waals surface area contributed by atoms with Gasteiger partial charge in [-0.05, 0) is 44.0 Å². The molecule has 5 nitrogen and oxygen atoms in total. The van der Waals surface area contributed by atoms with Crippen LogP contribution >= 0.6 is 0 Å². The van der Waals surface area contributed by atoms with Crippen molar-refractivity contribution >= 4 is 16.8 Å². The van der Waals surface area contributed by atoms with Crippen LogP contribution in [0.1, 0.15) is 34.2 Å². The number of fused-ring (bicyclic) bond motifs is 1. The minimum Gasteiger partial charge on any atom is -0.485 e. The maximum absolute atomic E-state index is 12.6. The molecule has 0 aliphatic rings. The van der Waals surface area contributed by atoms with Gasteiger partial charge >= 0.3 is 5.63 Å². The second-order valence-electron chi connectivity index (χ2n) is 6.50. The van der Waals surface area contributed by atoms with Gasteiger partial charge in [-0.2, -0.15) is 0 Å². The van der Waals surface area contributed by atoms with Gasteiger partial charge in [-0.25, -0.2) is 4.79 Å². The van der Waals surface area contributed by atoms with Crippen LogP contribution in [0, 0.1) is 13.8 Å². The molecule has 2 heterocycles. The average Bonchev–Trinajstić information content (AvgIpc) is 2.93. The first-order chi connectivity index (χ1) is 12.9. The monoisotopic (exact) mass is 365 g/mol. The van der Waals surface area contributed by atoms with Gasteiger partial charge in [0.2, 0.25) is 5.78 Å². The highest BCUT2D eigenvalue weighted by Crippen LogP contribution is 2.23. The minimum absolute atomic E-state index is 0.0818. The summed E-state index contributed by atoms with van der Waals surface area (Å²) in [6.07, 6.45) is 2.54. The number of allylic oxidation sites excluding steroid dienone is 1. The van der Waals surface area contributed by atoms with Crippen LogP contribution in [-0.2, 0) is 13.0 Å². The number of Topliss-reactive ketones (excluding diaryl/α,β-unsaturated/α-hetero) is 1. The molecule has 0 saturated heterocycles. The summed E-state index contributed by atoms with van der Waals surface area (Å²) in [6, 6.07) is 8.68. The molecule has 0 radical (unpaired) electrons. The number of ketones is 1. The molecule has 140 valence electrons. The van der Waals surface area contributed by atoms with Gasteiger partial charge in [-0.1, -0.05) is 13.0 Å². The summed E-state index contributed by atoms with van der Waals surface area (Å²) in [5.41, 5.74) is 3.57. The predicted molar refractivity (Wildman–Crippen MR) is 106 cm³/mol. The molecule has 0 unspecified atom stereocenters. The number of hydrogen-bond acceptors (Lipinski definition) is 4. The summed E-state index contributed by atoms with van der Waals surface area (Å²) in [4.78, 5) is 24.3. The molecule has 0 aliphatic heterocycles. The lowest BCUT2D eigenvalue weighted by Gasteiger charge is -2.09. The van der Waals surface area contributed by atoms with Crippen molar-refractivity contribution in [3.63, 3.8) is 0 Å². The number of rotatable bonds is 7. The van der Waals surface area contributed by atoms with Gasteiger partial charge in [0.1, 0.15) is 11.3 Å². The maximum Gasteiger partial charge on any atom is 0.336 e. The number of benzene rings is 1. The highest BCUT2D eigenvalue weighted by atomic mass is 16.5. The first kappa shape index (κ1) is 18.7. The molecule has 0 atom stereocenters. The van der Waals surface area contributed by atoms with Gasteiger partial charge in [-0.3, -0.25) is 4.79 Å². The van der Waals surface area contributed by atoms with Crippen molar-refractivity contribution in [2.45, 2.75) is 33.7 Å². The van der Waals surface area contributed by atoms with Crippen LogP contribution in [0.4, 0.5) is 0 Å². The highest BCUT2D eigenvalue weighted by Gasteiger charge is 2.16. The second kappa shape index (κ2) is 7.66. The SMILES string of the molecule is C=CCn1c(C)cc(C(=O)COc2ccc3c(CC)cc(=O)oc3c2)c1C. The first-order valence-electron chi connectivity index (χ1n) is 8.95. The Hall–Kier alpha value is -3.08. The molecule has 0 fully saturated rings. The fraction of sp³-hybridized carbons (Fsp3) is 0.273. The Kier molecular flexibility index (Phi) is 5.31. The number of carbonyl (C=O) groups is 1. The molecule has 0 amide bonds. The quantitative estimate of drug-likeness (QED) is 0.357. The molecule has 5 heteroatoms. The van der Waals surface area contributed by atoms with Crippen molar-refractivity contribution in [1.82, 2.24) is 4.57 Å². The van der Waals surface area contributed by atoms with E-state index in [1.807, 2.05) is 37.5 Å². The van der Waals surface area contributed by atoms with E-state index in [0.717, 1.165) is 28.8 Å². The van der Waals surface area contributed by atoms with Crippen molar-refractivity contribution in [1.29, 1.82) is 0 Å². The van der Waals surface area contributed by atoms with Crippen molar-refractivity contribution in [3.8, 4) is 5.75 Å². The number of ether oxygens (including phenoxy) is 1. The fourth-order valence-electron chi connectivity index (χ4n) is 3.31. The Morgan fingerprint density at radius 1 is 1.26 bits per heavy atom. The molecule has 27 heavy (non-hydrogen) atoms. The third kappa shape index (κ3) is 3.72. The zero-order valence-corrected chi connectivity index (χ0v) is 15.9. The van der Waals surface area contributed by atoms with E-state index < -0.39 is 0 Å². The molecule has 3 aromatic rings. The number of nitrogens with zero attached hydrogens (tertiary/aromatic N) is 1. The van der Waals surface area contributed by atoms with Gasteiger partial charge in [0, 0.05) is 41.0 Å². The van der Waals surface area contributed by atoms with Gasteiger partial charge in [-0.15, -0.1) is 6.58 Å². The first-order valence-corrected chi connectivity index (χ1v) is 8.95. The van der Waals surface area contributed by atoms with Gasteiger partial charge in [0.15, 0.2) is 6.61 Å². The summed E-state index contributed by atoms with van der Waals surface area (Å²) in [6.45, 7) is 10.2. The topological polar surface area (TPSA) is 61.4 Å². The largest absolute Gasteiger partial charge is 0.485 e. The van der Waals surface area contributed by atoms with Crippen LogP contribution in [0.15, 0.2) is 52.2 Å². The molecule has 2 aromatic heterocycles. The summed E-state index contributed by atoms with van der Waals surface area (Å²) >= 11 is 0. The number of aromatic nitrogens is 1. The van der Waals surface area contributed by atoms with Crippen LogP contribution in [0.5, 0.6) is 5.75 Å². The summed E-state index contributed by atoms with van der Waals surface area (Å²) in [5.74, 6) is 0.398. The molecular formula is C22H23NO4. The average molecular weight is 365 g/mol. The summed E-state index contributed by atoms with van der Waals surface area (Å²) in [7, 11) is 0. The van der Waals surface area contributed by atoms with E-state index in [1.54, 1.807) is 18.2 Å². The number of hydrogen-bond donors (Lipinski definition) is 0.